The Hall–Kier alpha value is -4.91. The Morgan fingerprint density at radius 2 is 1.88 bits per heavy atom. The molecule has 1 saturated heterocycles. The molecule has 10 heteroatoms. The maximum atomic E-state index is 13.2. The van der Waals surface area contributed by atoms with Crippen LogP contribution in [-0.4, -0.2) is 50.5 Å². The van der Waals surface area contributed by atoms with Crippen LogP contribution >= 0.6 is 0 Å². The number of nitrogens with one attached hydrogen (secondary N) is 2. The van der Waals surface area contributed by atoms with Gasteiger partial charge >= 0.3 is 6.16 Å². The predicted molar refractivity (Wildman–Crippen MR) is 157 cm³/mol. The molecule has 5 rings (SSSR count). The smallest absolute Gasteiger partial charge is 0.449 e. The molecule has 0 spiro atoms. The fourth-order valence-corrected chi connectivity index (χ4v) is 5.43. The second kappa shape index (κ2) is 11.3. The Kier molecular flexibility index (Phi) is 7.62. The van der Waals surface area contributed by atoms with Crippen molar-refractivity contribution < 1.29 is 19.4 Å². The quantitative estimate of drug-likeness (QED) is 0.116. The van der Waals surface area contributed by atoms with Crippen LogP contribution in [0.15, 0.2) is 48.5 Å². The van der Waals surface area contributed by atoms with Gasteiger partial charge in [-0.2, -0.15) is 5.26 Å². The number of amides is 1. The first-order valence-corrected chi connectivity index (χ1v) is 13.6. The van der Waals surface area contributed by atoms with Crippen LogP contribution in [-0.2, 0) is 11.3 Å². The lowest BCUT2D eigenvalue weighted by atomic mass is 9.95. The lowest BCUT2D eigenvalue weighted by molar-refractivity contribution is -0.121. The predicted octanol–water partition coefficient (Wildman–Crippen LogP) is 5.94. The SMILES string of the molecule is CC(=N)N1CCC(C(=O)Nc2cc(OC(=O)O)c3nc(C(C)C)n(Cc4ccc5ccc(C#N)cc5c4)c3c2)CC1. The van der Waals surface area contributed by atoms with Gasteiger partial charge in [-0.1, -0.05) is 32.0 Å². The van der Waals surface area contributed by atoms with Crippen molar-refractivity contribution in [2.24, 2.45) is 5.92 Å². The van der Waals surface area contributed by atoms with Gasteiger partial charge in [-0.15, -0.1) is 0 Å². The molecule has 4 aromatic rings. The number of likely N-dealkylation sites (tertiary alicyclic amines) is 1. The fraction of sp³-hybridized carbons (Fsp3) is 0.323. The van der Waals surface area contributed by atoms with E-state index in [1.807, 2.05) is 59.7 Å². The third-order valence-corrected chi connectivity index (χ3v) is 7.54. The minimum absolute atomic E-state index is 0.0197. The van der Waals surface area contributed by atoms with Gasteiger partial charge in [-0.3, -0.25) is 10.2 Å². The first kappa shape index (κ1) is 27.6. The van der Waals surface area contributed by atoms with E-state index < -0.39 is 6.16 Å². The number of hydrogen-bond acceptors (Lipinski definition) is 6. The fourth-order valence-electron chi connectivity index (χ4n) is 5.43. The average molecular weight is 553 g/mol. The van der Waals surface area contributed by atoms with Gasteiger partial charge in [-0.25, -0.2) is 9.78 Å². The van der Waals surface area contributed by atoms with E-state index in [-0.39, 0.29) is 23.5 Å². The van der Waals surface area contributed by atoms with Crippen molar-refractivity contribution >= 4 is 45.4 Å². The first-order chi connectivity index (χ1) is 19.6. The summed E-state index contributed by atoms with van der Waals surface area (Å²) in [5, 5.41) is 31.5. The van der Waals surface area contributed by atoms with Crippen LogP contribution in [0.2, 0.25) is 0 Å². The normalized spacial score (nSPS) is 13.9. The van der Waals surface area contributed by atoms with Gasteiger partial charge in [0.2, 0.25) is 5.91 Å². The number of fused-ring (bicyclic) bond motifs is 2. The second-order valence-corrected chi connectivity index (χ2v) is 10.8. The number of anilines is 1. The van der Waals surface area contributed by atoms with E-state index in [2.05, 4.69) is 11.4 Å². The van der Waals surface area contributed by atoms with E-state index in [1.54, 1.807) is 13.0 Å². The van der Waals surface area contributed by atoms with E-state index in [0.29, 0.717) is 60.6 Å². The number of amidine groups is 1. The van der Waals surface area contributed by atoms with Gasteiger partial charge < -0.3 is 24.6 Å². The largest absolute Gasteiger partial charge is 0.511 e. The maximum Gasteiger partial charge on any atom is 0.511 e. The van der Waals surface area contributed by atoms with Crippen molar-refractivity contribution in [1.29, 1.82) is 10.7 Å². The number of carbonyl (C=O) groups excluding carboxylic acids is 1. The van der Waals surface area contributed by atoms with Crippen LogP contribution in [0.3, 0.4) is 0 Å². The number of rotatable bonds is 6. The van der Waals surface area contributed by atoms with Crippen LogP contribution in [0.5, 0.6) is 5.75 Å². The second-order valence-electron chi connectivity index (χ2n) is 10.8. The zero-order valence-corrected chi connectivity index (χ0v) is 23.3. The average Bonchev–Trinajstić information content (AvgIpc) is 3.31. The topological polar surface area (TPSA) is 144 Å². The summed E-state index contributed by atoms with van der Waals surface area (Å²) in [7, 11) is 0. The highest BCUT2D eigenvalue weighted by molar-refractivity contribution is 5.97. The number of nitriles is 1. The molecule has 0 saturated carbocycles. The van der Waals surface area contributed by atoms with Crippen LogP contribution in [0.4, 0.5) is 10.5 Å². The van der Waals surface area contributed by atoms with Crippen LogP contribution in [0, 0.1) is 22.7 Å². The zero-order chi connectivity index (χ0) is 29.3. The summed E-state index contributed by atoms with van der Waals surface area (Å²) in [6.07, 6.45) is -0.200. The Morgan fingerprint density at radius 1 is 1.15 bits per heavy atom. The molecule has 1 aromatic heterocycles. The standard InChI is InChI=1S/C31H32N6O4/c1-18(2)29-35-28-26(37(29)17-21-5-7-22-6-4-20(16-32)12-24(22)13-21)14-25(15-27(28)41-31(39)40)34-30(38)23-8-10-36(11-9-23)19(3)33/h4-7,12-15,18,23,33H,8-11,17H2,1-3H3,(H,34,38)(H,39,40). The number of benzene rings is 3. The minimum atomic E-state index is -1.47. The highest BCUT2D eigenvalue weighted by Gasteiger charge is 2.26. The Labute approximate surface area is 237 Å². The van der Waals surface area contributed by atoms with Crippen LogP contribution in [0.25, 0.3) is 21.8 Å². The summed E-state index contributed by atoms with van der Waals surface area (Å²) in [5.74, 6) is 0.960. The third kappa shape index (κ3) is 5.84. The summed E-state index contributed by atoms with van der Waals surface area (Å²) in [4.78, 5) is 31.5. The van der Waals surface area contributed by atoms with Gasteiger partial charge in [0.05, 0.1) is 23.0 Å². The Balaban J connectivity index is 1.53. The monoisotopic (exact) mass is 552 g/mol. The lowest BCUT2D eigenvalue weighted by Gasteiger charge is -2.32. The van der Waals surface area contributed by atoms with Gasteiger partial charge in [-0.05, 0) is 60.4 Å². The molecule has 1 aliphatic rings. The van der Waals surface area contributed by atoms with Gasteiger partial charge in [0.1, 0.15) is 11.3 Å². The van der Waals surface area contributed by atoms with Gasteiger partial charge in [0.15, 0.2) is 5.75 Å². The number of piperidine rings is 1. The van der Waals surface area contributed by atoms with Crippen molar-refractivity contribution in [2.75, 3.05) is 18.4 Å². The highest BCUT2D eigenvalue weighted by atomic mass is 16.7. The summed E-state index contributed by atoms with van der Waals surface area (Å²) < 4.78 is 7.16. The molecule has 3 N–H and O–H groups in total. The maximum absolute atomic E-state index is 13.2. The van der Waals surface area contributed by atoms with Crippen molar-refractivity contribution in [3.05, 3.63) is 65.5 Å². The molecule has 210 valence electrons. The summed E-state index contributed by atoms with van der Waals surface area (Å²) >= 11 is 0. The van der Waals surface area contributed by atoms with Crippen molar-refractivity contribution in [3.63, 3.8) is 0 Å². The number of aromatic nitrogens is 2. The van der Waals surface area contributed by atoms with E-state index >= 15 is 0 Å². The molecule has 1 fully saturated rings. The molecule has 0 unspecified atom stereocenters. The lowest BCUT2D eigenvalue weighted by Crippen LogP contribution is -2.40. The van der Waals surface area contributed by atoms with E-state index in [1.165, 1.54) is 6.07 Å². The van der Waals surface area contributed by atoms with E-state index in [9.17, 15) is 20.0 Å². The van der Waals surface area contributed by atoms with Crippen molar-refractivity contribution in [1.82, 2.24) is 14.5 Å². The molecule has 10 nitrogen and oxygen atoms in total. The van der Waals surface area contributed by atoms with Crippen LogP contribution in [0.1, 0.15) is 56.5 Å². The third-order valence-electron chi connectivity index (χ3n) is 7.54. The van der Waals surface area contributed by atoms with Crippen molar-refractivity contribution in [2.45, 2.75) is 46.1 Å². The Morgan fingerprint density at radius 3 is 2.54 bits per heavy atom. The van der Waals surface area contributed by atoms with Crippen molar-refractivity contribution in [3.8, 4) is 11.8 Å². The number of ether oxygens (including phenoxy) is 1. The molecule has 0 bridgehead atoms. The molecule has 0 aliphatic carbocycles. The summed E-state index contributed by atoms with van der Waals surface area (Å²) in [6.45, 7) is 7.51. The number of nitrogens with zero attached hydrogens (tertiary/aromatic N) is 4. The van der Waals surface area contributed by atoms with Gasteiger partial charge in [0, 0.05) is 43.2 Å². The summed E-state index contributed by atoms with van der Waals surface area (Å²) in [5.41, 5.74) is 3.04. The highest BCUT2D eigenvalue weighted by Crippen LogP contribution is 2.34. The minimum Gasteiger partial charge on any atom is -0.449 e. The Bertz CT molecular complexity index is 1710. The number of imidazole rings is 1. The number of carbonyl (C=O) groups is 2. The van der Waals surface area contributed by atoms with E-state index in [4.69, 9.17) is 15.1 Å². The van der Waals surface area contributed by atoms with Gasteiger partial charge in [0.25, 0.3) is 0 Å². The summed E-state index contributed by atoms with van der Waals surface area (Å²) in [6, 6.07) is 17.1. The molecule has 0 atom stereocenters. The molecule has 2 heterocycles. The molecular weight excluding hydrogens is 520 g/mol. The molecule has 41 heavy (non-hydrogen) atoms. The number of hydrogen-bond donors (Lipinski definition) is 3. The molecule has 3 aromatic carbocycles. The number of carboxylic acid groups (broad SMARTS) is 1. The molecule has 1 aliphatic heterocycles. The molecular formula is C31H32N6O4. The van der Waals surface area contributed by atoms with Crippen LogP contribution < -0.4 is 10.1 Å². The first-order valence-electron chi connectivity index (χ1n) is 13.6. The molecule has 0 radical (unpaired) electrons. The zero-order valence-electron chi connectivity index (χ0n) is 23.3. The van der Waals surface area contributed by atoms with E-state index in [0.717, 1.165) is 22.2 Å². The molecule has 1 amide bonds.